The van der Waals surface area contributed by atoms with Gasteiger partial charge in [-0.05, 0) is 57.4 Å². The van der Waals surface area contributed by atoms with E-state index in [0.717, 1.165) is 28.9 Å². The van der Waals surface area contributed by atoms with E-state index in [4.69, 9.17) is 5.10 Å². The van der Waals surface area contributed by atoms with E-state index in [1.807, 2.05) is 50.7 Å². The number of carbonyl (C=O) groups excluding carboxylic acids is 1. The van der Waals surface area contributed by atoms with Gasteiger partial charge in [0.15, 0.2) is 4.96 Å². The number of nitrogens with zero attached hydrogens (tertiary/aromatic N) is 4. The van der Waals surface area contributed by atoms with Crippen molar-refractivity contribution in [2.24, 2.45) is 0 Å². The highest BCUT2D eigenvalue weighted by molar-refractivity contribution is 7.15. The Hall–Kier alpha value is -3.26. The molecule has 3 heterocycles. The Morgan fingerprint density at radius 2 is 1.94 bits per heavy atom. The third-order valence-electron chi connectivity index (χ3n) is 5.47. The largest absolute Gasteiger partial charge is 0.356 e. The van der Waals surface area contributed by atoms with Crippen LogP contribution < -0.4 is 10.9 Å². The van der Waals surface area contributed by atoms with E-state index < -0.39 is 0 Å². The van der Waals surface area contributed by atoms with Gasteiger partial charge in [-0.25, -0.2) is 9.67 Å². The quantitative estimate of drug-likeness (QED) is 0.484. The second-order valence-corrected chi connectivity index (χ2v) is 8.96. The van der Waals surface area contributed by atoms with Crippen molar-refractivity contribution in [1.29, 1.82) is 0 Å². The van der Waals surface area contributed by atoms with Gasteiger partial charge in [-0.1, -0.05) is 19.1 Å². The zero-order valence-corrected chi connectivity index (χ0v) is 19.8. The van der Waals surface area contributed by atoms with E-state index in [0.29, 0.717) is 34.2 Å². The molecule has 0 atom stereocenters. The molecular weight excluding hydrogens is 422 g/mol. The number of rotatable bonds is 6. The minimum absolute atomic E-state index is 0.101. The number of hydrogen-bond donors (Lipinski definition) is 1. The summed E-state index contributed by atoms with van der Waals surface area (Å²) in [5.74, 6) is -0.101. The zero-order chi connectivity index (χ0) is 23.0. The Labute approximate surface area is 190 Å². The molecule has 1 aromatic carbocycles. The highest BCUT2D eigenvalue weighted by Crippen LogP contribution is 2.25. The van der Waals surface area contributed by atoms with E-state index in [9.17, 15) is 9.59 Å². The van der Waals surface area contributed by atoms with Gasteiger partial charge in [-0.3, -0.25) is 14.0 Å². The number of benzene rings is 1. The van der Waals surface area contributed by atoms with Crippen molar-refractivity contribution in [1.82, 2.24) is 24.5 Å². The van der Waals surface area contributed by atoms with Crippen molar-refractivity contribution in [3.8, 4) is 16.9 Å². The molecule has 3 aromatic heterocycles. The third kappa shape index (κ3) is 3.98. The molecule has 32 heavy (non-hydrogen) atoms. The fourth-order valence-corrected chi connectivity index (χ4v) is 4.73. The predicted molar refractivity (Wildman–Crippen MR) is 128 cm³/mol. The molecule has 1 N–H and O–H groups in total. The lowest BCUT2D eigenvalue weighted by atomic mass is 10.1. The summed E-state index contributed by atoms with van der Waals surface area (Å²) >= 11 is 1.37. The SMILES string of the molecule is CCCNC(=O)Cc1csc2nc(C)c(-c3cc(C)n(-c4cc(C)ccc4C)n3)c(=O)n12. The maximum Gasteiger partial charge on any atom is 0.268 e. The summed E-state index contributed by atoms with van der Waals surface area (Å²) < 4.78 is 3.42. The van der Waals surface area contributed by atoms with Gasteiger partial charge in [0, 0.05) is 23.3 Å². The van der Waals surface area contributed by atoms with Crippen LogP contribution in [0.3, 0.4) is 0 Å². The van der Waals surface area contributed by atoms with Gasteiger partial charge < -0.3 is 5.32 Å². The van der Waals surface area contributed by atoms with Crippen LogP contribution in [0.15, 0.2) is 34.4 Å². The molecule has 0 aliphatic carbocycles. The summed E-state index contributed by atoms with van der Waals surface area (Å²) in [6, 6.07) is 8.15. The second kappa shape index (κ2) is 8.70. The van der Waals surface area contributed by atoms with Gasteiger partial charge in [0.1, 0.15) is 5.69 Å². The number of thiazole rings is 1. The molecule has 0 bridgehead atoms. The van der Waals surface area contributed by atoms with E-state index in [1.165, 1.54) is 11.3 Å². The van der Waals surface area contributed by atoms with Crippen LogP contribution >= 0.6 is 11.3 Å². The number of amides is 1. The molecule has 7 nitrogen and oxygen atoms in total. The topological polar surface area (TPSA) is 81.3 Å². The normalized spacial score (nSPS) is 11.3. The summed E-state index contributed by atoms with van der Waals surface area (Å²) in [5, 5.41) is 9.48. The lowest BCUT2D eigenvalue weighted by Crippen LogP contribution is -2.28. The van der Waals surface area contributed by atoms with E-state index in [-0.39, 0.29) is 17.9 Å². The third-order valence-corrected chi connectivity index (χ3v) is 6.35. The van der Waals surface area contributed by atoms with Crippen LogP contribution in [0, 0.1) is 27.7 Å². The Morgan fingerprint density at radius 3 is 2.69 bits per heavy atom. The second-order valence-electron chi connectivity index (χ2n) is 8.12. The molecule has 0 radical (unpaired) electrons. The molecule has 0 saturated carbocycles. The van der Waals surface area contributed by atoms with Crippen LogP contribution in [0.4, 0.5) is 0 Å². The Bertz CT molecular complexity index is 1380. The average molecular weight is 450 g/mol. The number of hydrogen-bond acceptors (Lipinski definition) is 5. The number of fused-ring (bicyclic) bond motifs is 1. The first-order chi connectivity index (χ1) is 15.3. The minimum atomic E-state index is -0.197. The van der Waals surface area contributed by atoms with Gasteiger partial charge in [-0.2, -0.15) is 5.10 Å². The molecule has 0 spiro atoms. The van der Waals surface area contributed by atoms with Crippen molar-refractivity contribution >= 4 is 22.2 Å². The van der Waals surface area contributed by atoms with E-state index in [1.54, 1.807) is 4.40 Å². The molecule has 0 aliphatic rings. The first-order valence-corrected chi connectivity index (χ1v) is 11.6. The number of carbonyl (C=O) groups is 1. The molecular formula is C24H27N5O2S. The Kier molecular flexibility index (Phi) is 5.97. The molecule has 8 heteroatoms. The first kappa shape index (κ1) is 22.0. The monoisotopic (exact) mass is 449 g/mol. The lowest BCUT2D eigenvalue weighted by Gasteiger charge is -2.09. The highest BCUT2D eigenvalue weighted by Gasteiger charge is 2.20. The van der Waals surface area contributed by atoms with Gasteiger partial charge in [0.25, 0.3) is 5.56 Å². The van der Waals surface area contributed by atoms with Crippen LogP contribution in [0.5, 0.6) is 0 Å². The van der Waals surface area contributed by atoms with E-state index >= 15 is 0 Å². The van der Waals surface area contributed by atoms with Crippen LogP contribution in [-0.2, 0) is 11.2 Å². The van der Waals surface area contributed by atoms with Gasteiger partial charge in [0.05, 0.1) is 23.4 Å². The summed E-state index contributed by atoms with van der Waals surface area (Å²) in [6.45, 7) is 10.5. The molecule has 0 saturated heterocycles. The van der Waals surface area contributed by atoms with Gasteiger partial charge in [-0.15, -0.1) is 11.3 Å². The Morgan fingerprint density at radius 1 is 1.16 bits per heavy atom. The molecule has 0 aliphatic heterocycles. The van der Waals surface area contributed by atoms with Crippen LogP contribution in [0.2, 0.25) is 0 Å². The average Bonchev–Trinajstić information content (AvgIpc) is 3.31. The summed E-state index contributed by atoms with van der Waals surface area (Å²) in [4.78, 5) is 31.0. The number of aromatic nitrogens is 4. The molecule has 4 aromatic rings. The predicted octanol–water partition coefficient (Wildman–Crippen LogP) is 3.91. The number of nitrogens with one attached hydrogen (secondary N) is 1. The van der Waals surface area contributed by atoms with Crippen LogP contribution in [0.1, 0.15) is 41.6 Å². The molecule has 1 amide bonds. The summed E-state index contributed by atoms with van der Waals surface area (Å²) in [7, 11) is 0. The van der Waals surface area contributed by atoms with Gasteiger partial charge in [0.2, 0.25) is 5.91 Å². The highest BCUT2D eigenvalue weighted by atomic mass is 32.1. The fourth-order valence-electron chi connectivity index (χ4n) is 3.80. The molecule has 0 fully saturated rings. The van der Waals surface area contributed by atoms with E-state index in [2.05, 4.69) is 28.5 Å². The van der Waals surface area contributed by atoms with Crippen molar-refractivity contribution in [3.63, 3.8) is 0 Å². The zero-order valence-electron chi connectivity index (χ0n) is 19.0. The number of aryl methyl sites for hydroxylation is 4. The molecule has 4 rings (SSSR count). The fraction of sp³-hybridized carbons (Fsp3) is 0.333. The van der Waals surface area contributed by atoms with Crippen LogP contribution in [-0.4, -0.2) is 31.6 Å². The molecule has 166 valence electrons. The van der Waals surface area contributed by atoms with Gasteiger partial charge >= 0.3 is 0 Å². The minimum Gasteiger partial charge on any atom is -0.356 e. The van der Waals surface area contributed by atoms with Crippen LogP contribution in [0.25, 0.3) is 21.9 Å². The standard InChI is InChI=1S/C24H27N5O2S/c1-6-9-25-21(30)12-18-13-32-24-26-17(5)22(23(31)28(18)24)19-11-16(4)29(27-19)20-10-14(2)7-8-15(20)3/h7-8,10-11,13H,6,9,12H2,1-5H3,(H,25,30). The maximum absolute atomic E-state index is 13.6. The van der Waals surface area contributed by atoms with Crippen molar-refractivity contribution in [2.45, 2.75) is 47.5 Å². The van der Waals surface area contributed by atoms with Crippen molar-refractivity contribution < 1.29 is 4.79 Å². The van der Waals surface area contributed by atoms with Crippen molar-refractivity contribution in [3.05, 3.63) is 68.2 Å². The lowest BCUT2D eigenvalue weighted by molar-refractivity contribution is -0.120. The molecule has 0 unspecified atom stereocenters. The first-order valence-electron chi connectivity index (χ1n) is 10.7. The maximum atomic E-state index is 13.6. The van der Waals surface area contributed by atoms with Crippen molar-refractivity contribution in [2.75, 3.05) is 6.54 Å². The summed E-state index contributed by atoms with van der Waals surface area (Å²) in [5.41, 5.74) is 6.29. The summed E-state index contributed by atoms with van der Waals surface area (Å²) in [6.07, 6.45) is 1.00. The Balaban J connectivity index is 1.82. The smallest absolute Gasteiger partial charge is 0.268 e.